The molecule has 0 aliphatic heterocycles. The van der Waals surface area contributed by atoms with Crippen molar-refractivity contribution in [1.82, 2.24) is 5.32 Å². The Hall–Kier alpha value is -1.73. The van der Waals surface area contributed by atoms with E-state index in [0.717, 1.165) is 0 Å². The molecule has 0 fully saturated rings. The van der Waals surface area contributed by atoms with Gasteiger partial charge < -0.3 is 5.32 Å². The molecule has 0 heterocycles. The van der Waals surface area contributed by atoms with Crippen molar-refractivity contribution in [2.24, 2.45) is 0 Å². The third kappa shape index (κ3) is 3.94. The first-order valence-electron chi connectivity index (χ1n) is 4.70. The van der Waals surface area contributed by atoms with Gasteiger partial charge in [0.25, 0.3) is 5.91 Å². The van der Waals surface area contributed by atoms with E-state index in [0.29, 0.717) is 12.1 Å². The van der Waals surface area contributed by atoms with Crippen LogP contribution in [0.5, 0.6) is 0 Å². The molecule has 0 radical (unpaired) electrons. The smallest absolute Gasteiger partial charge is 0.352 e. The molecule has 1 rings (SSSR count). The number of carbonyl (C=O) groups excluding carboxylic acids is 1. The second kappa shape index (κ2) is 5.28. The first kappa shape index (κ1) is 14.3. The number of alkyl halides is 3. The molecule has 0 aliphatic rings. The van der Waals surface area contributed by atoms with Crippen molar-refractivity contribution in [2.75, 3.05) is 6.54 Å². The van der Waals surface area contributed by atoms with E-state index in [2.05, 4.69) is 0 Å². The fraction of sp³-hybridized carbons (Fsp3) is 0.300. The van der Waals surface area contributed by atoms with Crippen LogP contribution in [-0.2, 0) is 0 Å². The number of hydrogen-bond donors (Lipinski definition) is 1. The lowest BCUT2D eigenvalue weighted by Gasteiger charge is -2.08. The number of halogens is 6. The third-order valence-electron chi connectivity index (χ3n) is 1.94. The van der Waals surface area contributed by atoms with Gasteiger partial charge in [0.1, 0.15) is 0 Å². The Balaban J connectivity index is 2.68. The number of rotatable bonds is 3. The highest BCUT2D eigenvalue weighted by atomic mass is 19.4. The molecule has 1 amide bonds. The molecule has 0 saturated heterocycles. The van der Waals surface area contributed by atoms with E-state index in [1.165, 1.54) is 0 Å². The summed E-state index contributed by atoms with van der Waals surface area (Å²) >= 11 is 0. The topological polar surface area (TPSA) is 29.1 Å². The van der Waals surface area contributed by atoms with Crippen molar-refractivity contribution >= 4 is 5.91 Å². The minimum absolute atomic E-state index is 0.404. The lowest BCUT2D eigenvalue weighted by atomic mass is 10.2. The predicted molar refractivity (Wildman–Crippen MR) is 49.3 cm³/mol. The Kier molecular flexibility index (Phi) is 4.20. The second-order valence-corrected chi connectivity index (χ2v) is 3.37. The lowest BCUT2D eigenvalue weighted by molar-refractivity contribution is -0.132. The summed E-state index contributed by atoms with van der Waals surface area (Å²) in [4.78, 5) is 11.2. The highest BCUT2D eigenvalue weighted by Gasteiger charge is 2.26. The molecule has 0 spiro atoms. The Bertz CT molecular complexity index is 433. The molecule has 0 atom stereocenters. The summed E-state index contributed by atoms with van der Waals surface area (Å²) in [6.45, 7) is -0.733. The standard InChI is InChI=1S/C10H7F6NO/c11-6-3-5(4-7(12)8(6)13)9(18)17-2-1-10(14,15)16/h3-4H,1-2H2,(H,17,18). The predicted octanol–water partition coefficient (Wildman–Crippen LogP) is 2.79. The van der Waals surface area contributed by atoms with Crippen molar-refractivity contribution in [3.05, 3.63) is 35.1 Å². The van der Waals surface area contributed by atoms with Crippen LogP contribution >= 0.6 is 0 Å². The van der Waals surface area contributed by atoms with Gasteiger partial charge in [0.15, 0.2) is 17.5 Å². The van der Waals surface area contributed by atoms with Crippen molar-refractivity contribution in [2.45, 2.75) is 12.6 Å². The van der Waals surface area contributed by atoms with Crippen LogP contribution in [0.4, 0.5) is 26.3 Å². The van der Waals surface area contributed by atoms with Gasteiger partial charge in [-0.2, -0.15) is 13.2 Å². The average Bonchev–Trinajstić information content (AvgIpc) is 2.23. The summed E-state index contributed by atoms with van der Waals surface area (Å²) in [5.74, 6) is -6.04. The number of nitrogens with one attached hydrogen (secondary N) is 1. The molecule has 100 valence electrons. The van der Waals surface area contributed by atoms with E-state index in [9.17, 15) is 31.1 Å². The summed E-state index contributed by atoms with van der Waals surface area (Å²) in [5, 5.41) is 1.81. The maximum Gasteiger partial charge on any atom is 0.390 e. The van der Waals surface area contributed by atoms with Crippen LogP contribution in [0.1, 0.15) is 16.8 Å². The fourth-order valence-electron chi connectivity index (χ4n) is 1.11. The van der Waals surface area contributed by atoms with Gasteiger partial charge in [-0.15, -0.1) is 0 Å². The molecule has 8 heteroatoms. The van der Waals surface area contributed by atoms with Crippen molar-refractivity contribution in [1.29, 1.82) is 0 Å². The number of carbonyl (C=O) groups is 1. The first-order chi connectivity index (χ1) is 8.20. The molecular formula is C10H7F6NO. The highest BCUT2D eigenvalue weighted by molar-refractivity contribution is 5.94. The third-order valence-corrected chi connectivity index (χ3v) is 1.94. The van der Waals surface area contributed by atoms with Crippen LogP contribution in [-0.4, -0.2) is 18.6 Å². The quantitative estimate of drug-likeness (QED) is 0.664. The Morgan fingerprint density at radius 2 is 1.61 bits per heavy atom. The summed E-state index contributed by atoms with van der Waals surface area (Å²) < 4.78 is 73.3. The van der Waals surface area contributed by atoms with Crippen LogP contribution in [0.15, 0.2) is 12.1 Å². The molecule has 1 N–H and O–H groups in total. The largest absolute Gasteiger partial charge is 0.390 e. The van der Waals surface area contributed by atoms with Crippen molar-refractivity contribution < 1.29 is 31.1 Å². The summed E-state index contributed by atoms with van der Waals surface area (Å²) in [7, 11) is 0. The van der Waals surface area contributed by atoms with Gasteiger partial charge in [0, 0.05) is 12.1 Å². The van der Waals surface area contributed by atoms with Crippen molar-refractivity contribution in [3.63, 3.8) is 0 Å². The molecule has 0 aromatic heterocycles. The van der Waals surface area contributed by atoms with Crippen LogP contribution in [0, 0.1) is 17.5 Å². The Labute approximate surface area is 97.6 Å². The van der Waals surface area contributed by atoms with E-state index >= 15 is 0 Å². The molecule has 0 unspecified atom stereocenters. The number of benzene rings is 1. The van der Waals surface area contributed by atoms with Gasteiger partial charge in [-0.3, -0.25) is 4.79 Å². The molecular weight excluding hydrogens is 264 g/mol. The van der Waals surface area contributed by atoms with Crippen LogP contribution in [0.3, 0.4) is 0 Å². The van der Waals surface area contributed by atoms with Gasteiger partial charge in [0.05, 0.1) is 6.42 Å². The Morgan fingerprint density at radius 1 is 1.11 bits per heavy atom. The minimum Gasteiger partial charge on any atom is -0.352 e. The highest BCUT2D eigenvalue weighted by Crippen LogP contribution is 2.18. The van der Waals surface area contributed by atoms with E-state index in [-0.39, 0.29) is 0 Å². The van der Waals surface area contributed by atoms with Gasteiger partial charge in [-0.1, -0.05) is 0 Å². The normalized spacial score (nSPS) is 11.4. The van der Waals surface area contributed by atoms with Crippen LogP contribution < -0.4 is 5.32 Å². The fourth-order valence-corrected chi connectivity index (χ4v) is 1.11. The zero-order chi connectivity index (χ0) is 13.9. The van der Waals surface area contributed by atoms with E-state index in [4.69, 9.17) is 0 Å². The maximum atomic E-state index is 12.7. The number of hydrogen-bond acceptors (Lipinski definition) is 1. The minimum atomic E-state index is -4.45. The van der Waals surface area contributed by atoms with Crippen LogP contribution in [0.2, 0.25) is 0 Å². The van der Waals surface area contributed by atoms with Crippen molar-refractivity contribution in [3.8, 4) is 0 Å². The monoisotopic (exact) mass is 271 g/mol. The summed E-state index contributed by atoms with van der Waals surface area (Å²) in [6, 6.07) is 0.808. The zero-order valence-corrected chi connectivity index (χ0v) is 8.74. The van der Waals surface area contributed by atoms with E-state index in [1.807, 2.05) is 5.32 Å². The van der Waals surface area contributed by atoms with Gasteiger partial charge in [-0.25, -0.2) is 13.2 Å². The molecule has 18 heavy (non-hydrogen) atoms. The summed E-state index contributed by atoms with van der Waals surface area (Å²) in [6.07, 6.45) is -5.72. The average molecular weight is 271 g/mol. The SMILES string of the molecule is O=C(NCCC(F)(F)F)c1cc(F)c(F)c(F)c1. The van der Waals surface area contributed by atoms with Gasteiger partial charge >= 0.3 is 6.18 Å². The lowest BCUT2D eigenvalue weighted by Crippen LogP contribution is -2.28. The molecule has 1 aromatic carbocycles. The second-order valence-electron chi connectivity index (χ2n) is 3.37. The number of amides is 1. The molecule has 0 aliphatic carbocycles. The molecule has 1 aromatic rings. The molecule has 0 bridgehead atoms. The maximum absolute atomic E-state index is 12.7. The van der Waals surface area contributed by atoms with E-state index in [1.54, 1.807) is 0 Å². The Morgan fingerprint density at radius 3 is 2.06 bits per heavy atom. The van der Waals surface area contributed by atoms with Gasteiger partial charge in [0.2, 0.25) is 0 Å². The molecule has 2 nitrogen and oxygen atoms in total. The molecule has 0 saturated carbocycles. The van der Waals surface area contributed by atoms with Crippen LogP contribution in [0.25, 0.3) is 0 Å². The first-order valence-corrected chi connectivity index (χ1v) is 4.70. The van der Waals surface area contributed by atoms with Gasteiger partial charge in [-0.05, 0) is 12.1 Å². The summed E-state index contributed by atoms with van der Waals surface area (Å²) in [5.41, 5.74) is -0.589. The zero-order valence-electron chi connectivity index (χ0n) is 8.74. The van der Waals surface area contributed by atoms with E-state index < -0.39 is 48.1 Å².